The van der Waals surface area contributed by atoms with E-state index in [1.54, 1.807) is 12.1 Å². The molecule has 0 amide bonds. The Morgan fingerprint density at radius 3 is 3.08 bits per heavy atom. The molecule has 0 aliphatic carbocycles. The van der Waals surface area contributed by atoms with Crippen molar-refractivity contribution in [2.45, 2.75) is 6.42 Å². The second-order valence-electron chi connectivity index (χ2n) is 2.90. The van der Waals surface area contributed by atoms with Crippen LogP contribution < -0.4 is 5.32 Å². The van der Waals surface area contributed by atoms with Crippen LogP contribution in [0.15, 0.2) is 30.4 Å². The summed E-state index contributed by atoms with van der Waals surface area (Å²) in [6.07, 6.45) is 5.10. The summed E-state index contributed by atoms with van der Waals surface area (Å²) < 4.78 is 0. The van der Waals surface area contributed by atoms with Crippen molar-refractivity contribution < 1.29 is 5.11 Å². The average Bonchev–Trinajstić information content (AvgIpc) is 2.28. The van der Waals surface area contributed by atoms with E-state index in [-0.39, 0.29) is 0 Å². The molecule has 0 spiro atoms. The zero-order valence-electron chi connectivity index (χ0n) is 6.75. The first-order chi connectivity index (χ1) is 5.86. The fourth-order valence-corrected chi connectivity index (χ4v) is 1.38. The lowest BCUT2D eigenvalue weighted by molar-refractivity contribution is 0.475. The van der Waals surface area contributed by atoms with Crippen LogP contribution in [0, 0.1) is 0 Å². The summed E-state index contributed by atoms with van der Waals surface area (Å²) in [5.74, 6) is 0.339. The first-order valence-electron chi connectivity index (χ1n) is 4.07. The molecule has 0 atom stereocenters. The normalized spacial score (nSPS) is 14.7. The summed E-state index contributed by atoms with van der Waals surface area (Å²) in [4.78, 5) is 0. The van der Waals surface area contributed by atoms with Gasteiger partial charge in [-0.1, -0.05) is 12.2 Å². The van der Waals surface area contributed by atoms with Gasteiger partial charge in [0.1, 0.15) is 5.75 Å². The summed E-state index contributed by atoms with van der Waals surface area (Å²) in [7, 11) is 0. The highest BCUT2D eigenvalue weighted by Crippen LogP contribution is 2.23. The summed E-state index contributed by atoms with van der Waals surface area (Å²) in [6.45, 7) is 0.873. The molecule has 2 N–H and O–H groups in total. The van der Waals surface area contributed by atoms with E-state index >= 15 is 0 Å². The van der Waals surface area contributed by atoms with Crippen molar-refractivity contribution in [2.75, 3.05) is 11.9 Å². The molecule has 1 aliphatic heterocycles. The van der Waals surface area contributed by atoms with Gasteiger partial charge in [-0.25, -0.2) is 0 Å². The molecule has 0 bridgehead atoms. The predicted molar refractivity (Wildman–Crippen MR) is 49.4 cm³/mol. The van der Waals surface area contributed by atoms with E-state index in [1.807, 2.05) is 6.07 Å². The van der Waals surface area contributed by atoms with E-state index in [0.717, 1.165) is 24.2 Å². The largest absolute Gasteiger partial charge is 0.508 e. The molecule has 2 nitrogen and oxygen atoms in total. The number of hydrogen-bond acceptors (Lipinski definition) is 2. The molecule has 1 aliphatic rings. The summed E-state index contributed by atoms with van der Waals surface area (Å²) in [5, 5.41) is 12.5. The van der Waals surface area contributed by atoms with Gasteiger partial charge in [-0.3, -0.25) is 0 Å². The number of allylic oxidation sites excluding steroid dienone is 1. The van der Waals surface area contributed by atoms with Gasteiger partial charge in [0.2, 0.25) is 0 Å². The smallest absolute Gasteiger partial charge is 0.116 e. The van der Waals surface area contributed by atoms with E-state index in [2.05, 4.69) is 17.5 Å². The van der Waals surface area contributed by atoms with Crippen molar-refractivity contribution in [1.29, 1.82) is 0 Å². The van der Waals surface area contributed by atoms with Gasteiger partial charge in [-0.05, 0) is 30.2 Å². The van der Waals surface area contributed by atoms with Crippen molar-refractivity contribution in [3.8, 4) is 5.75 Å². The van der Waals surface area contributed by atoms with Crippen molar-refractivity contribution in [2.24, 2.45) is 0 Å². The molecule has 2 rings (SSSR count). The van der Waals surface area contributed by atoms with Gasteiger partial charge in [0.15, 0.2) is 0 Å². The van der Waals surface area contributed by atoms with E-state index in [1.165, 1.54) is 0 Å². The first kappa shape index (κ1) is 7.22. The third-order valence-electron chi connectivity index (χ3n) is 2.00. The SMILES string of the molecule is Oc1ccc2c(c1)CC=CCN2. The monoisotopic (exact) mass is 161 g/mol. The lowest BCUT2D eigenvalue weighted by Crippen LogP contribution is -1.97. The fourth-order valence-electron chi connectivity index (χ4n) is 1.38. The zero-order chi connectivity index (χ0) is 8.39. The Balaban J connectivity index is 2.42. The number of phenols is 1. The number of fused-ring (bicyclic) bond motifs is 1. The fraction of sp³-hybridized carbons (Fsp3) is 0.200. The third kappa shape index (κ3) is 1.28. The molecule has 12 heavy (non-hydrogen) atoms. The second-order valence-corrected chi connectivity index (χ2v) is 2.90. The van der Waals surface area contributed by atoms with Crippen LogP contribution in [0.4, 0.5) is 5.69 Å². The van der Waals surface area contributed by atoms with Gasteiger partial charge in [0.25, 0.3) is 0 Å². The van der Waals surface area contributed by atoms with Crippen LogP contribution in [-0.2, 0) is 6.42 Å². The van der Waals surface area contributed by atoms with Crippen molar-refractivity contribution >= 4 is 5.69 Å². The number of nitrogens with one attached hydrogen (secondary N) is 1. The topological polar surface area (TPSA) is 32.3 Å². The minimum atomic E-state index is 0.339. The summed E-state index contributed by atoms with van der Waals surface area (Å²) in [6, 6.07) is 5.42. The Morgan fingerprint density at radius 2 is 2.17 bits per heavy atom. The summed E-state index contributed by atoms with van der Waals surface area (Å²) in [5.41, 5.74) is 2.28. The lowest BCUT2D eigenvalue weighted by atomic mass is 10.1. The van der Waals surface area contributed by atoms with Crippen LogP contribution in [-0.4, -0.2) is 11.7 Å². The molecular formula is C10H11NO. The van der Waals surface area contributed by atoms with Gasteiger partial charge in [-0.15, -0.1) is 0 Å². The third-order valence-corrected chi connectivity index (χ3v) is 2.00. The average molecular weight is 161 g/mol. The second kappa shape index (κ2) is 2.89. The molecule has 0 saturated heterocycles. The zero-order valence-corrected chi connectivity index (χ0v) is 6.75. The van der Waals surface area contributed by atoms with Crippen molar-refractivity contribution in [3.05, 3.63) is 35.9 Å². The highest BCUT2D eigenvalue weighted by Gasteiger charge is 2.03. The van der Waals surface area contributed by atoms with Crippen LogP contribution >= 0.6 is 0 Å². The number of hydrogen-bond donors (Lipinski definition) is 2. The van der Waals surface area contributed by atoms with Gasteiger partial charge >= 0.3 is 0 Å². The molecule has 1 aromatic carbocycles. The molecule has 0 radical (unpaired) electrons. The molecule has 0 saturated carbocycles. The Labute approximate surface area is 71.5 Å². The Hall–Kier alpha value is -1.44. The number of phenolic OH excluding ortho intramolecular Hbond substituents is 1. The molecule has 0 unspecified atom stereocenters. The molecule has 1 aromatic rings. The van der Waals surface area contributed by atoms with Crippen LogP contribution in [0.25, 0.3) is 0 Å². The predicted octanol–water partition coefficient (Wildman–Crippen LogP) is 1.92. The number of benzene rings is 1. The summed E-state index contributed by atoms with van der Waals surface area (Å²) >= 11 is 0. The Bertz CT molecular complexity index is 318. The van der Waals surface area contributed by atoms with Gasteiger partial charge in [-0.2, -0.15) is 0 Å². The van der Waals surface area contributed by atoms with Crippen LogP contribution in [0.5, 0.6) is 5.75 Å². The van der Waals surface area contributed by atoms with E-state index in [9.17, 15) is 5.11 Å². The highest BCUT2D eigenvalue weighted by molar-refractivity contribution is 5.56. The molecular weight excluding hydrogens is 150 g/mol. The quantitative estimate of drug-likeness (QED) is 0.450. The van der Waals surface area contributed by atoms with Crippen LogP contribution in [0.3, 0.4) is 0 Å². The minimum Gasteiger partial charge on any atom is -0.508 e. The lowest BCUT2D eigenvalue weighted by Gasteiger charge is -2.06. The van der Waals surface area contributed by atoms with Gasteiger partial charge < -0.3 is 10.4 Å². The standard InChI is InChI=1S/C10H11NO/c12-9-4-5-10-8(7-9)3-1-2-6-11-10/h1-2,4-5,7,11-12H,3,6H2. The van der Waals surface area contributed by atoms with E-state index in [4.69, 9.17) is 0 Å². The van der Waals surface area contributed by atoms with E-state index in [0.29, 0.717) is 5.75 Å². The number of anilines is 1. The van der Waals surface area contributed by atoms with Crippen LogP contribution in [0.1, 0.15) is 5.56 Å². The molecule has 1 heterocycles. The molecule has 0 fully saturated rings. The maximum Gasteiger partial charge on any atom is 0.116 e. The minimum absolute atomic E-state index is 0.339. The molecule has 62 valence electrons. The van der Waals surface area contributed by atoms with Gasteiger partial charge in [0, 0.05) is 12.2 Å². The maximum absolute atomic E-state index is 9.23. The first-order valence-corrected chi connectivity index (χ1v) is 4.07. The highest BCUT2D eigenvalue weighted by atomic mass is 16.3. The number of aromatic hydroxyl groups is 1. The molecule has 2 heteroatoms. The van der Waals surface area contributed by atoms with Crippen molar-refractivity contribution in [3.63, 3.8) is 0 Å². The Kier molecular flexibility index (Phi) is 1.74. The van der Waals surface area contributed by atoms with Gasteiger partial charge in [0.05, 0.1) is 0 Å². The van der Waals surface area contributed by atoms with Crippen LogP contribution in [0.2, 0.25) is 0 Å². The van der Waals surface area contributed by atoms with Crippen molar-refractivity contribution in [1.82, 2.24) is 0 Å². The number of rotatable bonds is 0. The molecule has 0 aromatic heterocycles. The van der Waals surface area contributed by atoms with E-state index < -0.39 is 0 Å². The Morgan fingerprint density at radius 1 is 1.25 bits per heavy atom. The maximum atomic E-state index is 9.23.